The van der Waals surface area contributed by atoms with Crippen molar-refractivity contribution in [2.75, 3.05) is 0 Å². The van der Waals surface area contributed by atoms with Crippen LogP contribution in [0.1, 0.15) is 4.88 Å². The molecule has 0 aliphatic rings. The van der Waals surface area contributed by atoms with Gasteiger partial charge < -0.3 is 4.57 Å². The van der Waals surface area contributed by atoms with E-state index < -0.39 is 11.6 Å². The van der Waals surface area contributed by atoms with E-state index in [1.165, 1.54) is 23.5 Å². The van der Waals surface area contributed by atoms with Crippen LogP contribution in [0.15, 0.2) is 30.6 Å². The Balaban J connectivity index is 2.12. The van der Waals surface area contributed by atoms with Crippen molar-refractivity contribution < 1.29 is 8.78 Å². The van der Waals surface area contributed by atoms with Crippen LogP contribution in [0.25, 0.3) is 22.1 Å². The number of imidazole rings is 1. The molecule has 0 saturated heterocycles. The van der Waals surface area contributed by atoms with Crippen molar-refractivity contribution >= 4 is 11.3 Å². The first-order chi connectivity index (χ1) is 9.56. The number of aromatic nitrogens is 3. The van der Waals surface area contributed by atoms with Crippen LogP contribution < -0.4 is 0 Å². The Morgan fingerprint density at radius 2 is 2.05 bits per heavy atom. The van der Waals surface area contributed by atoms with Crippen LogP contribution in [0, 0.1) is 18.6 Å². The van der Waals surface area contributed by atoms with Crippen molar-refractivity contribution in [3.05, 3.63) is 47.1 Å². The highest BCUT2D eigenvalue weighted by atomic mass is 32.1. The molecule has 0 saturated carbocycles. The molecule has 0 unspecified atom stereocenters. The van der Waals surface area contributed by atoms with E-state index >= 15 is 0 Å². The Kier molecular flexibility index (Phi) is 3.10. The van der Waals surface area contributed by atoms with Crippen LogP contribution in [0.3, 0.4) is 0 Å². The van der Waals surface area contributed by atoms with Crippen LogP contribution in [-0.4, -0.2) is 14.5 Å². The summed E-state index contributed by atoms with van der Waals surface area (Å²) in [7, 11) is 1.87. The molecule has 0 aliphatic carbocycles. The molecule has 0 fully saturated rings. The zero-order chi connectivity index (χ0) is 14.3. The van der Waals surface area contributed by atoms with Gasteiger partial charge in [-0.25, -0.2) is 18.7 Å². The van der Waals surface area contributed by atoms with E-state index in [0.717, 1.165) is 16.8 Å². The molecule has 0 aliphatic heterocycles. The maximum absolute atomic E-state index is 13.9. The smallest absolute Gasteiger partial charge is 0.168 e. The second kappa shape index (κ2) is 4.79. The van der Waals surface area contributed by atoms with Crippen LogP contribution in [0.4, 0.5) is 8.78 Å². The molecule has 6 heteroatoms. The van der Waals surface area contributed by atoms with Crippen molar-refractivity contribution in [3.8, 4) is 22.1 Å². The van der Waals surface area contributed by atoms with Gasteiger partial charge in [0.05, 0.1) is 5.69 Å². The molecule has 102 valence electrons. The first kappa shape index (κ1) is 12.9. The van der Waals surface area contributed by atoms with E-state index in [9.17, 15) is 8.78 Å². The molecule has 3 aromatic rings. The monoisotopic (exact) mass is 291 g/mol. The lowest BCUT2D eigenvalue weighted by molar-refractivity contribution is 0.585. The molecular formula is C14H11F2N3S. The van der Waals surface area contributed by atoms with Gasteiger partial charge in [-0.15, -0.1) is 11.3 Å². The minimum Gasteiger partial charge on any atom is -0.332 e. The Bertz CT molecular complexity index is 777. The predicted octanol–water partition coefficient (Wildman–Crippen LogP) is 3.80. The van der Waals surface area contributed by atoms with Crippen LogP contribution in [0.2, 0.25) is 0 Å². The van der Waals surface area contributed by atoms with E-state index in [4.69, 9.17) is 0 Å². The van der Waals surface area contributed by atoms with Gasteiger partial charge in [-0.2, -0.15) is 0 Å². The molecule has 1 aromatic carbocycles. The zero-order valence-corrected chi connectivity index (χ0v) is 11.7. The molecule has 0 bridgehead atoms. The molecule has 0 N–H and O–H groups in total. The summed E-state index contributed by atoms with van der Waals surface area (Å²) in [5, 5.41) is 0.716. The summed E-state index contributed by atoms with van der Waals surface area (Å²) in [4.78, 5) is 9.54. The summed E-state index contributed by atoms with van der Waals surface area (Å²) < 4.78 is 28.7. The van der Waals surface area contributed by atoms with Gasteiger partial charge in [0.1, 0.15) is 11.6 Å². The lowest BCUT2D eigenvalue weighted by Gasteiger charge is -2.01. The van der Waals surface area contributed by atoms with Crippen LogP contribution >= 0.6 is 11.3 Å². The molecule has 0 spiro atoms. The summed E-state index contributed by atoms with van der Waals surface area (Å²) in [6.07, 6.45) is 3.51. The molecule has 2 heterocycles. The maximum Gasteiger partial charge on any atom is 0.168 e. The third kappa shape index (κ3) is 2.12. The molecule has 3 rings (SSSR count). The second-order valence-electron chi connectivity index (χ2n) is 4.41. The molecular weight excluding hydrogens is 280 g/mol. The number of hydrogen-bond acceptors (Lipinski definition) is 3. The Morgan fingerprint density at radius 1 is 1.25 bits per heavy atom. The number of thiazole rings is 1. The number of nitrogens with zero attached hydrogens (tertiary/aromatic N) is 3. The average molecular weight is 291 g/mol. The fourth-order valence-corrected chi connectivity index (χ4v) is 2.96. The minimum absolute atomic E-state index is 0.306. The predicted molar refractivity (Wildman–Crippen MR) is 74.4 cm³/mol. The summed E-state index contributed by atoms with van der Waals surface area (Å²) in [6.45, 7) is 1.86. The molecule has 20 heavy (non-hydrogen) atoms. The van der Waals surface area contributed by atoms with E-state index in [2.05, 4.69) is 9.97 Å². The number of rotatable bonds is 2. The highest BCUT2D eigenvalue weighted by molar-refractivity contribution is 7.15. The van der Waals surface area contributed by atoms with Crippen molar-refractivity contribution in [3.63, 3.8) is 0 Å². The number of benzene rings is 1. The van der Waals surface area contributed by atoms with Crippen LogP contribution in [0.5, 0.6) is 0 Å². The van der Waals surface area contributed by atoms with Gasteiger partial charge in [0.2, 0.25) is 0 Å². The van der Waals surface area contributed by atoms with Gasteiger partial charge in [-0.3, -0.25) is 0 Å². The molecule has 0 radical (unpaired) electrons. The molecule has 3 nitrogen and oxygen atoms in total. The lowest BCUT2D eigenvalue weighted by atomic mass is 10.1. The average Bonchev–Trinajstić information content (AvgIpc) is 2.96. The third-order valence-corrected chi connectivity index (χ3v) is 3.96. The van der Waals surface area contributed by atoms with E-state index in [1.54, 1.807) is 6.20 Å². The molecule has 0 amide bonds. The minimum atomic E-state index is -0.607. The van der Waals surface area contributed by atoms with E-state index in [0.29, 0.717) is 16.3 Å². The van der Waals surface area contributed by atoms with Gasteiger partial charge in [-0.05, 0) is 19.1 Å². The molecule has 2 aromatic heterocycles. The first-order valence-corrected chi connectivity index (χ1v) is 6.78. The van der Waals surface area contributed by atoms with E-state index in [1.807, 2.05) is 24.7 Å². The van der Waals surface area contributed by atoms with Crippen molar-refractivity contribution in [2.45, 2.75) is 6.92 Å². The highest BCUT2D eigenvalue weighted by Gasteiger charge is 2.16. The fourth-order valence-electron chi connectivity index (χ4n) is 2.00. The fraction of sp³-hybridized carbons (Fsp3) is 0.143. The number of hydrogen-bond donors (Lipinski definition) is 0. The number of aryl methyl sites for hydroxylation is 2. The standard InChI is InChI=1S/C14H11F2N3S/c1-8-12(10-4-3-9(15)7-11(10)16)18-14(20-8)13-17-5-6-19(13)2/h3-7H,1-2H3. The van der Waals surface area contributed by atoms with Crippen molar-refractivity contribution in [1.29, 1.82) is 0 Å². The second-order valence-corrected chi connectivity index (χ2v) is 5.61. The number of halogens is 2. The Labute approximate surface area is 118 Å². The maximum atomic E-state index is 13.9. The first-order valence-electron chi connectivity index (χ1n) is 5.97. The van der Waals surface area contributed by atoms with Gasteiger partial charge >= 0.3 is 0 Å². The zero-order valence-electron chi connectivity index (χ0n) is 10.9. The van der Waals surface area contributed by atoms with Gasteiger partial charge in [0.15, 0.2) is 10.8 Å². The van der Waals surface area contributed by atoms with Gasteiger partial charge in [0, 0.05) is 35.9 Å². The third-order valence-electron chi connectivity index (χ3n) is 3.00. The largest absolute Gasteiger partial charge is 0.332 e. The Hall–Kier alpha value is -2.08. The van der Waals surface area contributed by atoms with Crippen molar-refractivity contribution in [1.82, 2.24) is 14.5 Å². The summed E-state index contributed by atoms with van der Waals surface area (Å²) in [5.41, 5.74) is 0.839. The summed E-state index contributed by atoms with van der Waals surface area (Å²) in [6, 6.07) is 3.52. The topological polar surface area (TPSA) is 30.7 Å². The SMILES string of the molecule is Cc1sc(-c2nccn2C)nc1-c1ccc(F)cc1F. The highest BCUT2D eigenvalue weighted by Crippen LogP contribution is 2.33. The van der Waals surface area contributed by atoms with E-state index in [-0.39, 0.29) is 0 Å². The van der Waals surface area contributed by atoms with Crippen LogP contribution in [-0.2, 0) is 7.05 Å². The quantitative estimate of drug-likeness (QED) is 0.719. The van der Waals surface area contributed by atoms with Gasteiger partial charge in [-0.1, -0.05) is 0 Å². The lowest BCUT2D eigenvalue weighted by Crippen LogP contribution is -1.91. The van der Waals surface area contributed by atoms with Crippen molar-refractivity contribution in [2.24, 2.45) is 7.05 Å². The van der Waals surface area contributed by atoms with Gasteiger partial charge in [0.25, 0.3) is 0 Å². The summed E-state index contributed by atoms with van der Waals surface area (Å²) >= 11 is 1.44. The Morgan fingerprint density at radius 3 is 2.70 bits per heavy atom. The summed E-state index contributed by atoms with van der Waals surface area (Å²) in [5.74, 6) is -0.472. The normalized spacial score (nSPS) is 11.0. The molecule has 0 atom stereocenters.